The Morgan fingerprint density at radius 2 is 1.56 bits per heavy atom. The molecule has 4 unspecified atom stereocenters. The molecule has 0 radical (unpaired) electrons. The lowest BCUT2D eigenvalue weighted by Crippen LogP contribution is -2.52. The Bertz CT molecular complexity index is 2060. The van der Waals surface area contributed by atoms with E-state index >= 15 is 4.39 Å². The van der Waals surface area contributed by atoms with Gasteiger partial charge in [-0.05, 0) is 98.0 Å². The Morgan fingerprint density at radius 3 is 2.22 bits per heavy atom. The Balaban J connectivity index is 1.32. The summed E-state index contributed by atoms with van der Waals surface area (Å²) in [6.45, 7) is 6.72. The van der Waals surface area contributed by atoms with Gasteiger partial charge in [0.25, 0.3) is 0 Å². The molecule has 0 aromatic heterocycles. The quantitative estimate of drug-likeness (QED) is 0.0646. The van der Waals surface area contributed by atoms with Crippen molar-refractivity contribution < 1.29 is 53.4 Å². The van der Waals surface area contributed by atoms with Crippen LogP contribution in [0.4, 0.5) is 4.39 Å². The SMILES string of the molecule is CCOc1cc(O[C@@H]2C3C=CC=C(c4cccc(COc5cc(COC)c(CNC(C)(CO)C(=O)O)cc5Cl)c4C)C3C[C@@H]2F)c(Cl)cc1CNC(C)(CCO)C(=O)O. The van der Waals surface area contributed by atoms with Crippen LogP contribution in [0.2, 0.25) is 10.0 Å². The summed E-state index contributed by atoms with van der Waals surface area (Å²) in [7, 11) is 1.55. The molecule has 0 spiro atoms. The fourth-order valence-electron chi connectivity index (χ4n) is 7.46. The third-order valence-corrected chi connectivity index (χ3v) is 11.9. The molecular weight excluding hydrogens is 806 g/mol. The number of allylic oxidation sites excluding steroid dienone is 3. The molecule has 5 rings (SSSR count). The molecule has 2 aliphatic carbocycles. The molecule has 0 amide bonds. The molecule has 2 aliphatic rings. The third kappa shape index (κ3) is 10.4. The van der Waals surface area contributed by atoms with Gasteiger partial charge in [0.1, 0.15) is 47.2 Å². The van der Waals surface area contributed by atoms with E-state index in [1.54, 1.807) is 31.4 Å². The first kappa shape index (κ1) is 45.9. The van der Waals surface area contributed by atoms with Crippen LogP contribution in [0.1, 0.15) is 67.0 Å². The number of halogens is 3. The predicted octanol–water partition coefficient (Wildman–Crippen LogP) is 7.04. The van der Waals surface area contributed by atoms with Gasteiger partial charge in [-0.15, -0.1) is 0 Å². The van der Waals surface area contributed by atoms with Crippen LogP contribution in [-0.4, -0.2) is 82.6 Å². The van der Waals surface area contributed by atoms with Crippen molar-refractivity contribution in [2.45, 2.75) is 90.2 Å². The van der Waals surface area contributed by atoms with Crippen molar-refractivity contribution in [2.24, 2.45) is 11.8 Å². The minimum atomic E-state index is -1.54. The molecule has 0 aliphatic heterocycles. The lowest BCUT2D eigenvalue weighted by Gasteiger charge is -2.29. The van der Waals surface area contributed by atoms with E-state index in [2.05, 4.69) is 10.6 Å². The number of hydrogen-bond donors (Lipinski definition) is 6. The van der Waals surface area contributed by atoms with Crippen molar-refractivity contribution in [3.63, 3.8) is 0 Å². The second kappa shape index (κ2) is 19.9. The zero-order chi connectivity index (χ0) is 43.1. The number of aliphatic hydroxyl groups excluding tert-OH is 2. The molecule has 15 heteroatoms. The van der Waals surface area contributed by atoms with Crippen molar-refractivity contribution in [3.8, 4) is 17.2 Å². The van der Waals surface area contributed by atoms with Gasteiger partial charge in [0.2, 0.25) is 0 Å². The zero-order valence-corrected chi connectivity index (χ0v) is 35.3. The minimum absolute atomic E-state index is 0.00413. The second-order valence-corrected chi connectivity index (χ2v) is 16.1. The smallest absolute Gasteiger partial charge is 0.326 e. The number of benzene rings is 3. The minimum Gasteiger partial charge on any atom is -0.493 e. The molecule has 1 fully saturated rings. The van der Waals surface area contributed by atoms with Crippen LogP contribution >= 0.6 is 23.2 Å². The van der Waals surface area contributed by atoms with Crippen molar-refractivity contribution in [1.82, 2.24) is 10.6 Å². The Labute approximate surface area is 353 Å². The van der Waals surface area contributed by atoms with Gasteiger partial charge in [-0.1, -0.05) is 59.6 Å². The molecule has 12 nitrogen and oxygen atoms in total. The maximum absolute atomic E-state index is 16.1. The Morgan fingerprint density at radius 1 is 0.881 bits per heavy atom. The van der Waals surface area contributed by atoms with Gasteiger partial charge in [-0.3, -0.25) is 20.2 Å². The van der Waals surface area contributed by atoms with Crippen LogP contribution in [0.25, 0.3) is 5.57 Å². The summed E-state index contributed by atoms with van der Waals surface area (Å²) in [5.74, 6) is -1.69. The maximum Gasteiger partial charge on any atom is 0.326 e. The van der Waals surface area contributed by atoms with Gasteiger partial charge in [0.15, 0.2) is 0 Å². The highest BCUT2D eigenvalue weighted by atomic mass is 35.5. The lowest BCUT2D eigenvalue weighted by atomic mass is 9.79. The lowest BCUT2D eigenvalue weighted by molar-refractivity contribution is -0.146. The van der Waals surface area contributed by atoms with Gasteiger partial charge in [-0.2, -0.15) is 0 Å². The number of carboxylic acid groups (broad SMARTS) is 2. The highest BCUT2D eigenvalue weighted by Crippen LogP contribution is 2.48. The number of aliphatic carboxylic acids is 2. The largest absolute Gasteiger partial charge is 0.493 e. The van der Waals surface area contributed by atoms with E-state index in [4.69, 9.17) is 42.1 Å². The fourth-order valence-corrected chi connectivity index (χ4v) is 7.93. The summed E-state index contributed by atoms with van der Waals surface area (Å²) < 4.78 is 40.0. The number of carbonyl (C=O) groups is 2. The van der Waals surface area contributed by atoms with E-state index in [0.717, 1.165) is 27.8 Å². The molecule has 1 saturated carbocycles. The number of alkyl halides is 1. The van der Waals surface area contributed by atoms with E-state index in [0.29, 0.717) is 34.3 Å². The summed E-state index contributed by atoms with van der Waals surface area (Å²) in [5, 5.41) is 44.8. The summed E-state index contributed by atoms with van der Waals surface area (Å²) in [4.78, 5) is 23.6. The van der Waals surface area contributed by atoms with Gasteiger partial charge >= 0.3 is 11.9 Å². The molecule has 3 aromatic rings. The number of methoxy groups -OCH3 is 1. The summed E-state index contributed by atoms with van der Waals surface area (Å²) in [6.07, 6.45) is 3.98. The molecule has 0 bridgehead atoms. The van der Waals surface area contributed by atoms with E-state index in [1.807, 2.05) is 50.3 Å². The number of carboxylic acids is 2. The zero-order valence-electron chi connectivity index (χ0n) is 33.8. The second-order valence-electron chi connectivity index (χ2n) is 15.3. The predicted molar refractivity (Wildman–Crippen MR) is 223 cm³/mol. The number of fused-ring (bicyclic) bond motifs is 1. The van der Waals surface area contributed by atoms with Crippen LogP contribution in [0, 0.1) is 18.8 Å². The van der Waals surface area contributed by atoms with Crippen LogP contribution in [-0.2, 0) is 40.6 Å². The Hall–Kier alpha value is -4.21. The third-order valence-electron chi connectivity index (χ3n) is 11.3. The number of hydrogen-bond acceptors (Lipinski definition) is 10. The molecule has 59 heavy (non-hydrogen) atoms. The molecule has 0 heterocycles. The molecule has 3 aromatic carbocycles. The highest BCUT2D eigenvalue weighted by Gasteiger charge is 2.47. The summed E-state index contributed by atoms with van der Waals surface area (Å²) in [6, 6.07) is 12.6. The normalized spacial score (nSPS) is 20.6. The van der Waals surface area contributed by atoms with E-state index in [9.17, 15) is 30.0 Å². The molecule has 6 atom stereocenters. The molecule has 6 N–H and O–H groups in total. The van der Waals surface area contributed by atoms with Crippen LogP contribution in [0.3, 0.4) is 0 Å². The average molecular weight is 860 g/mol. The summed E-state index contributed by atoms with van der Waals surface area (Å²) in [5.41, 5.74) is 2.90. The first-order chi connectivity index (χ1) is 28.1. The van der Waals surface area contributed by atoms with Crippen LogP contribution < -0.4 is 24.8 Å². The highest BCUT2D eigenvalue weighted by molar-refractivity contribution is 6.32. The average Bonchev–Trinajstić information content (AvgIpc) is 3.52. The fraction of sp³-hybridized carbons (Fsp3) is 0.455. The maximum atomic E-state index is 16.1. The number of rotatable bonds is 21. The van der Waals surface area contributed by atoms with Gasteiger partial charge in [-0.25, -0.2) is 4.39 Å². The van der Waals surface area contributed by atoms with Gasteiger partial charge in [0, 0.05) is 44.4 Å². The Kier molecular flexibility index (Phi) is 15.5. The van der Waals surface area contributed by atoms with Crippen LogP contribution in [0.15, 0.2) is 60.7 Å². The molecule has 320 valence electrons. The van der Waals surface area contributed by atoms with E-state index in [1.165, 1.54) is 13.8 Å². The number of nitrogens with one attached hydrogen (secondary N) is 2. The van der Waals surface area contributed by atoms with Gasteiger partial charge in [0.05, 0.1) is 29.9 Å². The van der Waals surface area contributed by atoms with Crippen LogP contribution in [0.5, 0.6) is 17.2 Å². The molecule has 0 saturated heterocycles. The first-order valence-electron chi connectivity index (χ1n) is 19.4. The monoisotopic (exact) mass is 858 g/mol. The standard InChI is InChI=1S/C44H53Cl2FN2O10/c1-6-57-37-19-39(35(46)16-28(37)21-48-43(3,13-14-50)41(52)53)59-40-32-12-8-11-31(33(32)18-36(40)47)30-10-7-9-26(25(30)2)23-58-38-17-29(22-56-5)27(15-34(38)45)20-49-44(4,24-51)42(54)55/h7-12,15-17,19,32-33,36,40,48-51H,6,13-14,18,20-24H2,1-5H3,(H,52,53)(H,54,55)/t32?,33?,36-,40+,43?,44?/m0/s1. The molecular formula is C44H53Cl2FN2O10. The van der Waals surface area contributed by atoms with Crippen molar-refractivity contribution in [3.05, 3.63) is 104 Å². The number of aliphatic hydroxyl groups is 2. The summed E-state index contributed by atoms with van der Waals surface area (Å²) >= 11 is 13.4. The van der Waals surface area contributed by atoms with E-state index in [-0.39, 0.29) is 68.4 Å². The van der Waals surface area contributed by atoms with E-state index < -0.39 is 41.9 Å². The van der Waals surface area contributed by atoms with Crippen molar-refractivity contribution in [2.75, 3.05) is 26.9 Å². The van der Waals surface area contributed by atoms with Crippen molar-refractivity contribution in [1.29, 1.82) is 0 Å². The first-order valence-corrected chi connectivity index (χ1v) is 20.2. The topological polar surface area (TPSA) is 176 Å². The van der Waals surface area contributed by atoms with Crippen molar-refractivity contribution >= 4 is 40.7 Å². The van der Waals surface area contributed by atoms with Gasteiger partial charge < -0.3 is 39.4 Å². The number of ether oxygens (including phenoxy) is 4.